The predicted molar refractivity (Wildman–Crippen MR) is 40.0 cm³/mol. The summed E-state index contributed by atoms with van der Waals surface area (Å²) in [5.41, 5.74) is 3.70. The summed E-state index contributed by atoms with van der Waals surface area (Å²) in [5.74, 6) is 0.393. The second-order valence-corrected chi connectivity index (χ2v) is 2.45. The van der Waals surface area contributed by atoms with Crippen molar-refractivity contribution in [3.63, 3.8) is 0 Å². The average molecular weight is 154 g/mol. The van der Waals surface area contributed by atoms with Gasteiger partial charge < -0.3 is 10.2 Å². The monoisotopic (exact) mass is 154 g/mol. The van der Waals surface area contributed by atoms with Crippen LogP contribution in [0.3, 0.4) is 0 Å². The van der Waals surface area contributed by atoms with E-state index < -0.39 is 0 Å². The van der Waals surface area contributed by atoms with Gasteiger partial charge in [-0.05, 0) is 12.1 Å². The Labute approximate surface area is 65.2 Å². The van der Waals surface area contributed by atoms with Crippen LogP contribution in [0.1, 0.15) is 23.9 Å². The third-order valence-electron chi connectivity index (χ3n) is 1.63. The van der Waals surface area contributed by atoms with Crippen LogP contribution in [0, 0.1) is 0 Å². The van der Waals surface area contributed by atoms with Gasteiger partial charge in [-0.1, -0.05) is 6.92 Å². The molecule has 1 heterocycles. The summed E-state index contributed by atoms with van der Waals surface area (Å²) in [5, 5.41) is 0. The van der Waals surface area contributed by atoms with Gasteiger partial charge in [0.15, 0.2) is 11.8 Å². The van der Waals surface area contributed by atoms with E-state index in [0.717, 1.165) is 6.42 Å². The summed E-state index contributed by atoms with van der Waals surface area (Å²) in [6, 6.07) is 3.19. The lowest BCUT2D eigenvalue weighted by atomic mass is 10.1. The summed E-state index contributed by atoms with van der Waals surface area (Å²) in [6.07, 6.45) is 2.25. The zero-order valence-corrected chi connectivity index (χ0v) is 6.54. The van der Waals surface area contributed by atoms with E-state index in [-0.39, 0.29) is 11.8 Å². The highest BCUT2D eigenvalue weighted by atomic mass is 16.3. The molecule has 0 aliphatic heterocycles. The van der Waals surface area contributed by atoms with Crippen LogP contribution < -0.4 is 5.73 Å². The third kappa shape index (κ3) is 1.68. The van der Waals surface area contributed by atoms with Crippen LogP contribution in [0.15, 0.2) is 22.8 Å². The molecule has 1 rings (SSSR count). The van der Waals surface area contributed by atoms with Crippen molar-refractivity contribution >= 4 is 5.78 Å². The minimum atomic E-state index is -0.179. The van der Waals surface area contributed by atoms with E-state index in [4.69, 9.17) is 4.42 Å². The highest BCUT2D eigenvalue weighted by Crippen LogP contribution is 2.03. The van der Waals surface area contributed by atoms with Crippen molar-refractivity contribution in [2.24, 2.45) is 0 Å². The summed E-state index contributed by atoms with van der Waals surface area (Å²) in [6.45, 7) is 1.93. The molecular formula is C8H12NO2+. The van der Waals surface area contributed by atoms with E-state index in [2.05, 4.69) is 5.73 Å². The van der Waals surface area contributed by atoms with Crippen LogP contribution in [0.5, 0.6) is 0 Å². The fourth-order valence-electron chi connectivity index (χ4n) is 0.805. The molecule has 3 nitrogen and oxygen atoms in total. The number of rotatable bonds is 3. The van der Waals surface area contributed by atoms with E-state index in [9.17, 15) is 4.79 Å². The maximum atomic E-state index is 11.3. The van der Waals surface area contributed by atoms with Gasteiger partial charge in [-0.2, -0.15) is 0 Å². The smallest absolute Gasteiger partial charge is 0.254 e. The molecule has 0 saturated carbocycles. The SMILES string of the molecule is CC[C@H]([NH3+])C(=O)c1ccco1. The fourth-order valence-corrected chi connectivity index (χ4v) is 0.805. The van der Waals surface area contributed by atoms with Gasteiger partial charge in [0.05, 0.1) is 6.26 Å². The number of quaternary nitrogens is 1. The molecule has 0 saturated heterocycles. The van der Waals surface area contributed by atoms with Crippen LogP contribution in [0.25, 0.3) is 0 Å². The molecule has 0 amide bonds. The van der Waals surface area contributed by atoms with Gasteiger partial charge in [-0.15, -0.1) is 0 Å². The Kier molecular flexibility index (Phi) is 2.44. The van der Waals surface area contributed by atoms with Crippen molar-refractivity contribution in [3.05, 3.63) is 24.2 Å². The largest absolute Gasteiger partial charge is 0.461 e. The first kappa shape index (κ1) is 8.01. The molecule has 0 radical (unpaired) electrons. The zero-order valence-electron chi connectivity index (χ0n) is 6.54. The molecular weight excluding hydrogens is 142 g/mol. The van der Waals surface area contributed by atoms with Crippen LogP contribution in [-0.4, -0.2) is 11.8 Å². The van der Waals surface area contributed by atoms with Gasteiger partial charge in [0.2, 0.25) is 0 Å². The van der Waals surface area contributed by atoms with E-state index in [1.165, 1.54) is 6.26 Å². The number of hydrogen-bond acceptors (Lipinski definition) is 2. The number of carbonyl (C=O) groups is 1. The Morgan fingerprint density at radius 2 is 2.55 bits per heavy atom. The molecule has 1 aromatic rings. The Hall–Kier alpha value is -1.09. The molecule has 3 heteroatoms. The van der Waals surface area contributed by atoms with Gasteiger partial charge in [-0.25, -0.2) is 0 Å². The molecule has 60 valence electrons. The minimum Gasteiger partial charge on any atom is -0.461 e. The highest BCUT2D eigenvalue weighted by Gasteiger charge is 2.18. The van der Waals surface area contributed by atoms with E-state index in [0.29, 0.717) is 5.76 Å². The summed E-state index contributed by atoms with van der Waals surface area (Å²) in [7, 11) is 0. The molecule has 0 aliphatic carbocycles. The molecule has 1 aromatic heterocycles. The third-order valence-corrected chi connectivity index (χ3v) is 1.63. The maximum Gasteiger partial charge on any atom is 0.254 e. The maximum absolute atomic E-state index is 11.3. The normalized spacial score (nSPS) is 12.9. The Morgan fingerprint density at radius 1 is 1.82 bits per heavy atom. The number of Topliss-reactive ketones (excluding diaryl/α,β-unsaturated/α-hetero) is 1. The second kappa shape index (κ2) is 3.34. The quantitative estimate of drug-likeness (QED) is 0.644. The molecule has 11 heavy (non-hydrogen) atoms. The molecule has 0 bridgehead atoms. The van der Waals surface area contributed by atoms with Gasteiger partial charge in [0, 0.05) is 6.42 Å². The van der Waals surface area contributed by atoms with Crippen molar-refractivity contribution in [2.75, 3.05) is 0 Å². The van der Waals surface area contributed by atoms with Gasteiger partial charge in [0.1, 0.15) is 0 Å². The first-order chi connectivity index (χ1) is 5.25. The van der Waals surface area contributed by atoms with Gasteiger partial charge in [0.25, 0.3) is 5.78 Å². The van der Waals surface area contributed by atoms with E-state index in [1.54, 1.807) is 12.1 Å². The van der Waals surface area contributed by atoms with Crippen LogP contribution in [0.4, 0.5) is 0 Å². The topological polar surface area (TPSA) is 57.9 Å². The van der Waals surface area contributed by atoms with Gasteiger partial charge in [-0.3, -0.25) is 4.79 Å². The van der Waals surface area contributed by atoms with Gasteiger partial charge >= 0.3 is 0 Å². The summed E-state index contributed by atoms with van der Waals surface area (Å²) >= 11 is 0. The number of hydrogen-bond donors (Lipinski definition) is 1. The van der Waals surface area contributed by atoms with Crippen LogP contribution in [0.2, 0.25) is 0 Å². The lowest BCUT2D eigenvalue weighted by Gasteiger charge is -1.99. The van der Waals surface area contributed by atoms with E-state index in [1.807, 2.05) is 6.92 Å². The second-order valence-electron chi connectivity index (χ2n) is 2.45. The molecule has 1 atom stereocenters. The Balaban J connectivity index is 2.70. The molecule has 0 aromatic carbocycles. The van der Waals surface area contributed by atoms with Crippen molar-refractivity contribution in [1.29, 1.82) is 0 Å². The molecule has 3 N–H and O–H groups in total. The molecule has 0 spiro atoms. The Morgan fingerprint density at radius 3 is 3.00 bits per heavy atom. The van der Waals surface area contributed by atoms with Crippen LogP contribution >= 0.6 is 0 Å². The molecule has 0 unspecified atom stereocenters. The van der Waals surface area contributed by atoms with E-state index >= 15 is 0 Å². The minimum absolute atomic E-state index is 0.0162. The Bertz CT molecular complexity index is 228. The standard InChI is InChI=1S/C8H11NO2/c1-2-6(9)8(10)7-4-3-5-11-7/h3-6H,2,9H2,1H3/p+1/t6-/m0/s1. The molecule has 0 aliphatic rings. The summed E-state index contributed by atoms with van der Waals surface area (Å²) in [4.78, 5) is 11.3. The number of furan rings is 1. The van der Waals surface area contributed by atoms with Crippen LogP contribution in [-0.2, 0) is 0 Å². The number of ketones is 1. The molecule has 0 fully saturated rings. The van der Waals surface area contributed by atoms with Crippen molar-refractivity contribution in [3.8, 4) is 0 Å². The predicted octanol–water partition coefficient (Wildman–Crippen LogP) is 0.483. The first-order valence-corrected chi connectivity index (χ1v) is 3.66. The van der Waals surface area contributed by atoms with Crippen molar-refractivity contribution < 1.29 is 14.9 Å². The fraction of sp³-hybridized carbons (Fsp3) is 0.375. The summed E-state index contributed by atoms with van der Waals surface area (Å²) < 4.78 is 4.93. The van der Waals surface area contributed by atoms with Crippen molar-refractivity contribution in [2.45, 2.75) is 19.4 Å². The number of carbonyl (C=O) groups excluding carboxylic acids is 1. The first-order valence-electron chi connectivity index (χ1n) is 3.66. The lowest BCUT2D eigenvalue weighted by molar-refractivity contribution is -0.399. The highest BCUT2D eigenvalue weighted by molar-refractivity contribution is 5.96. The zero-order chi connectivity index (χ0) is 8.27. The average Bonchev–Trinajstić information content (AvgIpc) is 2.53. The van der Waals surface area contributed by atoms with Crippen molar-refractivity contribution in [1.82, 2.24) is 0 Å². The lowest BCUT2D eigenvalue weighted by Crippen LogP contribution is -2.64.